The molecule has 1 aliphatic rings. The van der Waals surface area contributed by atoms with Crippen LogP contribution in [0.2, 0.25) is 0 Å². The molecular weight excluding hydrogens is 525 g/mol. The molecule has 1 fully saturated rings. The summed E-state index contributed by atoms with van der Waals surface area (Å²) in [5.41, 5.74) is 3.39. The largest absolute Gasteiger partial charge is 0.480 e. The molecule has 0 aliphatic heterocycles. The summed E-state index contributed by atoms with van der Waals surface area (Å²) in [6.07, 6.45) is -2.28. The van der Waals surface area contributed by atoms with Crippen LogP contribution in [0.4, 0.5) is 22.0 Å². The van der Waals surface area contributed by atoms with E-state index in [9.17, 15) is 22.0 Å². The lowest BCUT2D eigenvalue weighted by Gasteiger charge is -2.12. The third-order valence-corrected chi connectivity index (χ3v) is 6.72. The van der Waals surface area contributed by atoms with Gasteiger partial charge in [-0.3, -0.25) is 0 Å². The molecule has 0 spiro atoms. The normalized spacial score (nSPS) is 17.3. The zero-order chi connectivity index (χ0) is 27.5. The van der Waals surface area contributed by atoms with E-state index in [2.05, 4.69) is 25.0 Å². The summed E-state index contributed by atoms with van der Waals surface area (Å²) in [5.74, 6) is -0.734. The first-order valence-electron chi connectivity index (χ1n) is 11.8. The number of fused-ring (bicyclic) bond motifs is 2. The third kappa shape index (κ3) is 4.49. The number of halogens is 5. The van der Waals surface area contributed by atoms with Crippen molar-refractivity contribution in [2.24, 2.45) is 0 Å². The molecule has 14 heteroatoms. The van der Waals surface area contributed by atoms with Crippen molar-refractivity contribution in [2.45, 2.75) is 37.4 Å². The highest BCUT2D eigenvalue weighted by atomic mass is 19.4. The van der Waals surface area contributed by atoms with E-state index in [0.717, 1.165) is 11.1 Å². The van der Waals surface area contributed by atoms with Crippen LogP contribution in [0.1, 0.15) is 41.6 Å². The lowest BCUT2D eigenvalue weighted by atomic mass is 10.0. The molecule has 1 aliphatic carbocycles. The first-order chi connectivity index (χ1) is 18.7. The van der Waals surface area contributed by atoms with E-state index in [-0.39, 0.29) is 34.8 Å². The number of benzene rings is 1. The summed E-state index contributed by atoms with van der Waals surface area (Å²) in [4.78, 5) is 16.6. The summed E-state index contributed by atoms with van der Waals surface area (Å²) in [7, 11) is 2.91. The maximum absolute atomic E-state index is 13.5. The quantitative estimate of drug-likeness (QED) is 0.256. The summed E-state index contributed by atoms with van der Waals surface area (Å²) in [6.45, 7) is -1.55. The van der Waals surface area contributed by atoms with Gasteiger partial charge in [-0.2, -0.15) is 23.3 Å². The Balaban J connectivity index is 1.39. The van der Waals surface area contributed by atoms with Crippen LogP contribution in [-0.2, 0) is 6.54 Å². The van der Waals surface area contributed by atoms with Crippen molar-refractivity contribution >= 4 is 16.7 Å². The van der Waals surface area contributed by atoms with E-state index in [4.69, 9.17) is 9.47 Å². The molecule has 0 radical (unpaired) electrons. The van der Waals surface area contributed by atoms with E-state index in [0.29, 0.717) is 27.9 Å². The summed E-state index contributed by atoms with van der Waals surface area (Å²) < 4.78 is 79.3. The second-order valence-electron chi connectivity index (χ2n) is 9.13. The Morgan fingerprint density at radius 1 is 1.05 bits per heavy atom. The molecule has 0 amide bonds. The van der Waals surface area contributed by atoms with Crippen LogP contribution >= 0.6 is 0 Å². The predicted molar refractivity (Wildman–Crippen MR) is 128 cm³/mol. The number of hydrogen-bond donors (Lipinski definition) is 0. The highest BCUT2D eigenvalue weighted by Crippen LogP contribution is 2.56. The van der Waals surface area contributed by atoms with Gasteiger partial charge in [0.1, 0.15) is 6.54 Å². The molecule has 39 heavy (non-hydrogen) atoms. The first kappa shape index (κ1) is 24.9. The highest BCUT2D eigenvalue weighted by Gasteiger charge is 2.42. The van der Waals surface area contributed by atoms with Gasteiger partial charge in [-0.1, -0.05) is 6.07 Å². The van der Waals surface area contributed by atoms with Crippen LogP contribution in [0.3, 0.4) is 0 Å². The maximum Gasteiger partial charge on any atom is 0.406 e. The van der Waals surface area contributed by atoms with Crippen LogP contribution in [0.5, 0.6) is 11.9 Å². The standard InChI is InChI=1S/C25H20F5N7O2/c1-38-23-16(10-32-24(34-23)39-2)18-9-15(21-31-5-6-37(21)35-18)14-8-13(14)12-3-4-17-19(7-12)36(11-25(28,29)30)22(33-17)20(26)27/h3-7,9-10,13-14,20H,8,11H2,1-2H3/t13-,14+/m1/s1. The van der Waals surface area contributed by atoms with Gasteiger partial charge < -0.3 is 14.0 Å². The average molecular weight is 545 g/mol. The van der Waals surface area contributed by atoms with Gasteiger partial charge in [-0.15, -0.1) is 0 Å². The smallest absolute Gasteiger partial charge is 0.406 e. The van der Waals surface area contributed by atoms with E-state index in [1.165, 1.54) is 26.4 Å². The van der Waals surface area contributed by atoms with Crippen molar-refractivity contribution in [3.05, 3.63) is 59.8 Å². The van der Waals surface area contributed by atoms with Crippen LogP contribution in [0.25, 0.3) is 27.9 Å². The Labute approximate surface area is 217 Å². The number of alkyl halides is 5. The van der Waals surface area contributed by atoms with Gasteiger partial charge in [0, 0.05) is 24.2 Å². The number of ether oxygens (including phenoxy) is 2. The number of rotatable bonds is 7. The minimum absolute atomic E-state index is 0.0206. The average Bonchev–Trinajstić information content (AvgIpc) is 3.42. The van der Waals surface area contributed by atoms with Gasteiger partial charge in [-0.05, 0) is 42.0 Å². The number of nitrogens with zero attached hydrogens (tertiary/aromatic N) is 7. The van der Waals surface area contributed by atoms with Gasteiger partial charge in [0.2, 0.25) is 5.88 Å². The number of imidazole rings is 2. The second kappa shape index (κ2) is 9.13. The third-order valence-electron chi connectivity index (χ3n) is 6.72. The van der Waals surface area contributed by atoms with Crippen molar-refractivity contribution < 1.29 is 31.4 Å². The van der Waals surface area contributed by atoms with Gasteiger partial charge in [0.25, 0.3) is 6.43 Å². The molecule has 202 valence electrons. The van der Waals surface area contributed by atoms with Crippen molar-refractivity contribution in [1.82, 2.24) is 34.1 Å². The number of aromatic nitrogens is 7. The monoisotopic (exact) mass is 545 g/mol. The Hall–Kier alpha value is -4.36. The molecule has 5 aromatic rings. The van der Waals surface area contributed by atoms with Crippen molar-refractivity contribution in [1.29, 1.82) is 0 Å². The Morgan fingerprint density at radius 3 is 2.59 bits per heavy atom. The van der Waals surface area contributed by atoms with E-state index < -0.39 is 25.0 Å². The Bertz CT molecular complexity index is 1700. The van der Waals surface area contributed by atoms with Crippen molar-refractivity contribution in [3.8, 4) is 23.1 Å². The first-order valence-corrected chi connectivity index (χ1v) is 11.8. The zero-order valence-electron chi connectivity index (χ0n) is 20.5. The fourth-order valence-corrected chi connectivity index (χ4v) is 4.93. The lowest BCUT2D eigenvalue weighted by Crippen LogP contribution is -2.19. The van der Waals surface area contributed by atoms with Crippen LogP contribution < -0.4 is 9.47 Å². The zero-order valence-corrected chi connectivity index (χ0v) is 20.5. The molecule has 0 N–H and O–H groups in total. The molecule has 1 saturated carbocycles. The van der Waals surface area contributed by atoms with E-state index in [1.54, 1.807) is 29.2 Å². The predicted octanol–water partition coefficient (Wildman–Crippen LogP) is 5.32. The summed E-state index contributed by atoms with van der Waals surface area (Å²) in [5, 5.41) is 4.61. The molecule has 0 saturated heterocycles. The van der Waals surface area contributed by atoms with Gasteiger partial charge >= 0.3 is 12.2 Å². The molecule has 4 aromatic heterocycles. The topological polar surface area (TPSA) is 92.3 Å². The molecular formula is C25H20F5N7O2. The van der Waals surface area contributed by atoms with Crippen molar-refractivity contribution in [3.63, 3.8) is 0 Å². The number of hydrogen-bond acceptors (Lipinski definition) is 7. The SMILES string of the molecule is COc1ncc(-c2cc([C@H]3C[C@@H]3c3ccc4nc(C(F)F)n(CC(F)(F)F)c4c3)c3nccn3n2)c(OC)n1. The molecule has 2 atom stereocenters. The summed E-state index contributed by atoms with van der Waals surface area (Å²) >= 11 is 0. The summed E-state index contributed by atoms with van der Waals surface area (Å²) in [6, 6.07) is 6.73. The minimum Gasteiger partial charge on any atom is -0.480 e. The highest BCUT2D eigenvalue weighted by molar-refractivity contribution is 5.78. The molecule has 4 heterocycles. The maximum atomic E-state index is 13.5. The van der Waals surface area contributed by atoms with Crippen LogP contribution in [0.15, 0.2) is 42.9 Å². The fraction of sp³-hybridized carbons (Fsp3) is 0.320. The van der Waals surface area contributed by atoms with Gasteiger partial charge in [-0.25, -0.2) is 28.2 Å². The molecule has 1 aromatic carbocycles. The second-order valence-corrected chi connectivity index (χ2v) is 9.13. The molecule has 6 rings (SSSR count). The van der Waals surface area contributed by atoms with Crippen LogP contribution in [-0.4, -0.2) is 54.5 Å². The van der Waals surface area contributed by atoms with Crippen molar-refractivity contribution in [2.75, 3.05) is 14.2 Å². The number of methoxy groups -OCH3 is 2. The van der Waals surface area contributed by atoms with Gasteiger partial charge in [0.05, 0.1) is 36.5 Å². The van der Waals surface area contributed by atoms with Crippen LogP contribution in [0, 0.1) is 0 Å². The Kier molecular flexibility index (Phi) is 5.84. The van der Waals surface area contributed by atoms with Gasteiger partial charge in [0.15, 0.2) is 11.5 Å². The molecule has 0 unspecified atom stereocenters. The van der Waals surface area contributed by atoms with E-state index in [1.807, 2.05) is 6.07 Å². The molecule has 9 nitrogen and oxygen atoms in total. The lowest BCUT2D eigenvalue weighted by molar-refractivity contribution is -0.141. The minimum atomic E-state index is -4.68. The van der Waals surface area contributed by atoms with E-state index >= 15 is 0 Å². The molecule has 0 bridgehead atoms. The fourth-order valence-electron chi connectivity index (χ4n) is 4.93. The Morgan fingerprint density at radius 2 is 1.87 bits per heavy atom.